The predicted molar refractivity (Wildman–Crippen MR) is 147 cm³/mol. The molecule has 2 atom stereocenters. The molecule has 1 saturated heterocycles. The van der Waals surface area contributed by atoms with Crippen molar-refractivity contribution >= 4 is 45.1 Å². The number of halogens is 1. The summed E-state index contributed by atoms with van der Waals surface area (Å²) in [6.45, 7) is 11.1. The summed E-state index contributed by atoms with van der Waals surface area (Å²) in [6, 6.07) is 11.9. The Labute approximate surface area is 222 Å². The van der Waals surface area contributed by atoms with E-state index in [1.54, 1.807) is 24.3 Å². The van der Waals surface area contributed by atoms with Crippen LogP contribution in [0.1, 0.15) is 5.56 Å². The average molecular weight is 597 g/mol. The maximum absolute atomic E-state index is 12.7. The van der Waals surface area contributed by atoms with E-state index in [0.717, 1.165) is 33.7 Å². The molecule has 11 heteroatoms. The Morgan fingerprint density at radius 1 is 1.19 bits per heavy atom. The maximum atomic E-state index is 12.7. The van der Waals surface area contributed by atoms with Gasteiger partial charge in [-0.1, -0.05) is 37.3 Å². The Hall–Kier alpha value is -1.76. The molecular weight excluding hydrogens is 562 g/mol. The number of sulfonamides is 1. The van der Waals surface area contributed by atoms with Gasteiger partial charge >= 0.3 is 0 Å². The molecule has 8 nitrogen and oxygen atoms in total. The fraction of sp³-hybridized carbons (Fsp3) is 0.480. The van der Waals surface area contributed by atoms with Crippen molar-refractivity contribution in [1.82, 2.24) is 14.3 Å². The Morgan fingerprint density at radius 2 is 1.94 bits per heavy atom. The molecule has 1 fully saturated rings. The number of benzene rings is 1. The minimum atomic E-state index is -3.62. The summed E-state index contributed by atoms with van der Waals surface area (Å²) in [5, 5.41) is 0.980. The number of aryl methyl sites for hydroxylation is 1. The zero-order chi connectivity index (χ0) is 25.9. The fourth-order valence-corrected chi connectivity index (χ4v) is 6.14. The van der Waals surface area contributed by atoms with E-state index in [1.807, 2.05) is 29.8 Å². The largest absolute Gasteiger partial charge is 0.471 e. The van der Waals surface area contributed by atoms with Gasteiger partial charge in [0.25, 0.3) is 0 Å². The molecular formula is C25H34BrN3O5SSi. The molecule has 0 unspecified atom stereocenters. The first-order chi connectivity index (χ1) is 17.0. The molecule has 0 spiro atoms. The zero-order valence-corrected chi connectivity index (χ0v) is 24.6. The van der Waals surface area contributed by atoms with Crippen LogP contribution in [-0.4, -0.2) is 58.5 Å². The summed E-state index contributed by atoms with van der Waals surface area (Å²) >= 11 is 3.57. The van der Waals surface area contributed by atoms with Crippen molar-refractivity contribution in [2.24, 2.45) is 5.92 Å². The molecule has 0 bridgehead atoms. The molecule has 196 valence electrons. The Morgan fingerprint density at radius 3 is 2.67 bits per heavy atom. The summed E-state index contributed by atoms with van der Waals surface area (Å²) in [5.41, 5.74) is 1.78. The fourth-order valence-electron chi connectivity index (χ4n) is 3.86. The zero-order valence-electron chi connectivity index (χ0n) is 21.2. The molecule has 4 rings (SSSR count). The van der Waals surface area contributed by atoms with Crippen LogP contribution in [0.2, 0.25) is 25.7 Å². The average Bonchev–Trinajstić information content (AvgIpc) is 3.42. The standard InChI is InChI=1S/C25H34BrN3O5SSi/c1-18-5-7-21(8-6-18)35(30,31)27-14-20-15-33-16-23(20)34-25-22(26)13-19-9-10-29(24(19)28-25)17-32-11-12-36(2,3)4/h5-10,13,20,23,27H,11-12,14-17H2,1-4H3/t20-,23-/m0/s1. The first kappa shape index (κ1) is 27.3. The molecule has 0 saturated carbocycles. The van der Waals surface area contributed by atoms with E-state index < -0.39 is 18.1 Å². The summed E-state index contributed by atoms with van der Waals surface area (Å²) in [4.78, 5) is 5.00. The van der Waals surface area contributed by atoms with Crippen LogP contribution in [-0.2, 0) is 26.2 Å². The van der Waals surface area contributed by atoms with E-state index in [4.69, 9.17) is 19.2 Å². The number of nitrogens with zero attached hydrogens (tertiary/aromatic N) is 2. The lowest BCUT2D eigenvalue weighted by Gasteiger charge is -2.20. The molecule has 0 aliphatic carbocycles. The minimum Gasteiger partial charge on any atom is -0.471 e. The topological polar surface area (TPSA) is 91.7 Å². The van der Waals surface area contributed by atoms with Crippen molar-refractivity contribution < 1.29 is 22.6 Å². The van der Waals surface area contributed by atoms with Crippen molar-refractivity contribution in [3.8, 4) is 5.88 Å². The van der Waals surface area contributed by atoms with Gasteiger partial charge < -0.3 is 18.8 Å². The van der Waals surface area contributed by atoms with Crippen molar-refractivity contribution in [1.29, 1.82) is 0 Å². The predicted octanol–water partition coefficient (Wildman–Crippen LogP) is 4.79. The van der Waals surface area contributed by atoms with Gasteiger partial charge in [-0.15, -0.1) is 0 Å². The van der Waals surface area contributed by atoms with Gasteiger partial charge in [0.15, 0.2) is 0 Å². The highest BCUT2D eigenvalue weighted by Gasteiger charge is 2.32. The van der Waals surface area contributed by atoms with Crippen LogP contribution in [0.5, 0.6) is 5.88 Å². The van der Waals surface area contributed by atoms with E-state index in [9.17, 15) is 8.42 Å². The van der Waals surface area contributed by atoms with Crippen LogP contribution < -0.4 is 9.46 Å². The highest BCUT2D eigenvalue weighted by Crippen LogP contribution is 2.30. The number of ether oxygens (including phenoxy) is 3. The minimum absolute atomic E-state index is 0.147. The monoisotopic (exact) mass is 595 g/mol. The Bertz CT molecular complexity index is 1290. The van der Waals surface area contributed by atoms with Gasteiger partial charge in [0.05, 0.1) is 22.6 Å². The lowest BCUT2D eigenvalue weighted by molar-refractivity contribution is 0.0896. The summed E-state index contributed by atoms with van der Waals surface area (Å²) in [5.74, 6) is 0.303. The second-order valence-corrected chi connectivity index (χ2v) is 18.7. The van der Waals surface area contributed by atoms with E-state index >= 15 is 0 Å². The first-order valence-corrected chi connectivity index (χ1v) is 18.0. The first-order valence-electron chi connectivity index (χ1n) is 12.1. The molecule has 36 heavy (non-hydrogen) atoms. The Balaban J connectivity index is 1.41. The summed E-state index contributed by atoms with van der Waals surface area (Å²) < 4.78 is 48.6. The van der Waals surface area contributed by atoms with Crippen molar-refractivity contribution in [2.45, 2.75) is 50.3 Å². The highest BCUT2D eigenvalue weighted by molar-refractivity contribution is 9.10. The van der Waals surface area contributed by atoms with E-state index in [0.29, 0.717) is 25.8 Å². The van der Waals surface area contributed by atoms with Gasteiger partial charge in [-0.3, -0.25) is 0 Å². The van der Waals surface area contributed by atoms with E-state index in [1.165, 1.54) is 0 Å². The molecule has 3 heterocycles. The van der Waals surface area contributed by atoms with Gasteiger partial charge in [-0.2, -0.15) is 4.98 Å². The van der Waals surface area contributed by atoms with Gasteiger partial charge in [0.1, 0.15) is 18.5 Å². The Kier molecular flexibility index (Phi) is 8.58. The molecule has 1 aromatic carbocycles. The molecule has 0 radical (unpaired) electrons. The van der Waals surface area contributed by atoms with Crippen molar-refractivity contribution in [2.75, 3.05) is 26.4 Å². The van der Waals surface area contributed by atoms with Crippen molar-refractivity contribution in [3.05, 3.63) is 52.6 Å². The molecule has 1 N–H and O–H groups in total. The normalized spacial score (nSPS) is 18.7. The number of nitrogens with one attached hydrogen (secondary N) is 1. The lowest BCUT2D eigenvalue weighted by atomic mass is 10.1. The second-order valence-electron chi connectivity index (χ2n) is 10.4. The number of hydrogen-bond acceptors (Lipinski definition) is 6. The molecule has 3 aromatic rings. The van der Waals surface area contributed by atoms with Gasteiger partial charge in [-0.05, 0) is 53.2 Å². The number of rotatable bonds is 11. The molecule has 1 aliphatic heterocycles. The van der Waals surface area contributed by atoms with E-state index in [-0.39, 0.29) is 23.5 Å². The quantitative estimate of drug-likeness (QED) is 0.253. The van der Waals surface area contributed by atoms with Crippen LogP contribution in [0, 0.1) is 12.8 Å². The van der Waals surface area contributed by atoms with Crippen LogP contribution in [0.3, 0.4) is 0 Å². The third-order valence-corrected chi connectivity index (χ3v) is 9.87. The number of aromatic nitrogens is 2. The smallest absolute Gasteiger partial charge is 0.240 e. The number of hydrogen-bond donors (Lipinski definition) is 1. The number of pyridine rings is 1. The maximum Gasteiger partial charge on any atom is 0.240 e. The van der Waals surface area contributed by atoms with Gasteiger partial charge in [0.2, 0.25) is 15.9 Å². The SMILES string of the molecule is Cc1ccc(S(=O)(=O)NC[C@H]2COC[C@@H]2Oc2nc3c(ccn3COCC[Si](C)(C)C)cc2Br)cc1. The van der Waals surface area contributed by atoms with Crippen LogP contribution in [0.15, 0.2) is 52.0 Å². The van der Waals surface area contributed by atoms with Crippen molar-refractivity contribution in [3.63, 3.8) is 0 Å². The second kappa shape index (κ2) is 11.3. The van der Waals surface area contributed by atoms with Gasteiger partial charge in [-0.25, -0.2) is 13.1 Å². The third kappa shape index (κ3) is 6.96. The van der Waals surface area contributed by atoms with Crippen LogP contribution in [0.4, 0.5) is 0 Å². The number of fused-ring (bicyclic) bond motifs is 1. The molecule has 0 amide bonds. The molecule has 1 aliphatic rings. The molecule has 2 aromatic heterocycles. The summed E-state index contributed by atoms with van der Waals surface area (Å²) in [6.07, 6.45) is 1.63. The van der Waals surface area contributed by atoms with Gasteiger partial charge in [0, 0.05) is 38.7 Å². The van der Waals surface area contributed by atoms with Crippen LogP contribution >= 0.6 is 15.9 Å². The highest BCUT2D eigenvalue weighted by atomic mass is 79.9. The third-order valence-electron chi connectivity index (χ3n) is 6.15. The van der Waals surface area contributed by atoms with Crippen LogP contribution in [0.25, 0.3) is 11.0 Å². The lowest BCUT2D eigenvalue weighted by Crippen LogP contribution is -2.37. The van der Waals surface area contributed by atoms with E-state index in [2.05, 4.69) is 40.3 Å². The summed E-state index contributed by atoms with van der Waals surface area (Å²) in [7, 11) is -4.77.